The van der Waals surface area contributed by atoms with Gasteiger partial charge in [0.1, 0.15) is 0 Å². The van der Waals surface area contributed by atoms with Gasteiger partial charge < -0.3 is 19.5 Å². The number of β-amino-alcohol motifs (C(OH)–C–C–N with tert-alkyl or cyclic N) is 1. The Bertz CT molecular complexity index is 1450. The van der Waals surface area contributed by atoms with Crippen LogP contribution in [0.3, 0.4) is 0 Å². The van der Waals surface area contributed by atoms with Gasteiger partial charge in [-0.3, -0.25) is 14.5 Å². The Morgan fingerprint density at radius 1 is 1.31 bits per heavy atom. The number of aliphatic hydroxyl groups excluding tert-OH is 1. The highest BCUT2D eigenvalue weighted by molar-refractivity contribution is 5.81. The molecule has 1 saturated heterocycles. The number of rotatable bonds is 7. The van der Waals surface area contributed by atoms with Crippen molar-refractivity contribution < 1.29 is 14.4 Å². The monoisotopic (exact) mass is 488 g/mol. The van der Waals surface area contributed by atoms with Gasteiger partial charge in [-0.15, -0.1) is 0 Å². The second-order valence-electron chi connectivity index (χ2n) is 9.26. The number of aromatic amines is 1. The molecule has 36 heavy (non-hydrogen) atoms. The summed E-state index contributed by atoms with van der Waals surface area (Å²) in [7, 11) is 1.80. The molecule has 0 aliphatic carbocycles. The second kappa shape index (κ2) is 10.00. The number of likely N-dealkylation sites (N-methyl/N-ethyl adjacent to an activating group) is 1. The van der Waals surface area contributed by atoms with Crippen LogP contribution in [0, 0.1) is 6.92 Å². The van der Waals surface area contributed by atoms with Crippen molar-refractivity contribution in [3.63, 3.8) is 0 Å². The molecule has 186 valence electrons. The van der Waals surface area contributed by atoms with Crippen LogP contribution in [-0.4, -0.2) is 73.7 Å². The topological polar surface area (TPSA) is 128 Å². The predicted octanol–water partition coefficient (Wildman–Crippen LogP) is 2.09. The Morgan fingerprint density at radius 3 is 2.92 bits per heavy atom. The summed E-state index contributed by atoms with van der Waals surface area (Å²) < 4.78 is 5.14. The lowest BCUT2D eigenvalue weighted by atomic mass is 10.0. The lowest BCUT2D eigenvalue weighted by Gasteiger charge is -2.32. The standard InChI is InChI=1S/C26H28N6O4/c1-16-28-26(30-36-16)19-5-3-4-18(12-19)23(15-32-9-8-20(33)14-32)31(2)25(35)11-17-6-7-21-22(10-17)29-24(34)13-27-21/h3-7,10,12-13,20,23,33H,8-9,11,14-15H2,1-2H3,(H,29,34)/t20-,23?/m0/s1. The van der Waals surface area contributed by atoms with Crippen LogP contribution in [0.25, 0.3) is 22.4 Å². The number of benzene rings is 2. The maximum Gasteiger partial charge on any atom is 0.266 e. The zero-order valence-corrected chi connectivity index (χ0v) is 20.2. The molecule has 2 aromatic carbocycles. The number of carbonyl (C=O) groups is 1. The van der Waals surface area contributed by atoms with Crippen LogP contribution >= 0.6 is 0 Å². The van der Waals surface area contributed by atoms with E-state index in [2.05, 4.69) is 25.0 Å². The van der Waals surface area contributed by atoms with E-state index in [9.17, 15) is 14.7 Å². The molecule has 1 amide bonds. The molecular weight excluding hydrogens is 460 g/mol. The first-order valence-electron chi connectivity index (χ1n) is 11.9. The van der Waals surface area contributed by atoms with Crippen LogP contribution < -0.4 is 5.56 Å². The van der Waals surface area contributed by atoms with Crippen molar-refractivity contribution in [3.05, 3.63) is 76.0 Å². The zero-order chi connectivity index (χ0) is 25.2. The number of H-pyrrole nitrogens is 1. The molecule has 0 saturated carbocycles. The normalized spacial score (nSPS) is 16.9. The summed E-state index contributed by atoms with van der Waals surface area (Å²) in [6.07, 6.45) is 1.78. The van der Waals surface area contributed by atoms with Crippen molar-refractivity contribution in [1.82, 2.24) is 29.9 Å². The van der Waals surface area contributed by atoms with E-state index in [1.165, 1.54) is 6.20 Å². The Morgan fingerprint density at radius 2 is 2.17 bits per heavy atom. The second-order valence-corrected chi connectivity index (χ2v) is 9.26. The predicted molar refractivity (Wildman–Crippen MR) is 133 cm³/mol. The first-order chi connectivity index (χ1) is 17.4. The van der Waals surface area contributed by atoms with Crippen molar-refractivity contribution >= 4 is 16.9 Å². The molecule has 1 unspecified atom stereocenters. The smallest absolute Gasteiger partial charge is 0.266 e. The number of likely N-dealkylation sites (tertiary alicyclic amines) is 1. The summed E-state index contributed by atoms with van der Waals surface area (Å²) in [4.78, 5) is 40.3. The van der Waals surface area contributed by atoms with Gasteiger partial charge in [0.05, 0.1) is 35.8 Å². The van der Waals surface area contributed by atoms with Gasteiger partial charge in [-0.2, -0.15) is 4.98 Å². The third kappa shape index (κ3) is 5.19. The van der Waals surface area contributed by atoms with E-state index in [0.29, 0.717) is 35.8 Å². The van der Waals surface area contributed by atoms with Crippen molar-refractivity contribution in [2.45, 2.75) is 31.9 Å². The van der Waals surface area contributed by atoms with E-state index in [-0.39, 0.29) is 30.0 Å². The number of aryl methyl sites for hydroxylation is 1. The minimum atomic E-state index is -0.353. The van der Waals surface area contributed by atoms with Crippen molar-refractivity contribution in [3.8, 4) is 11.4 Å². The van der Waals surface area contributed by atoms with Crippen molar-refractivity contribution in [2.75, 3.05) is 26.7 Å². The van der Waals surface area contributed by atoms with Gasteiger partial charge in [-0.25, -0.2) is 4.98 Å². The number of aliphatic hydroxyl groups is 1. The lowest BCUT2D eigenvalue weighted by Crippen LogP contribution is -2.39. The molecule has 1 aliphatic heterocycles. The molecule has 0 bridgehead atoms. The fourth-order valence-corrected chi connectivity index (χ4v) is 4.65. The summed E-state index contributed by atoms with van der Waals surface area (Å²) in [5.41, 5.74) is 3.52. The van der Waals surface area contributed by atoms with Gasteiger partial charge in [0.15, 0.2) is 0 Å². The largest absolute Gasteiger partial charge is 0.392 e. The molecule has 10 nitrogen and oxygen atoms in total. The number of carbonyl (C=O) groups excluding carboxylic acids is 1. The van der Waals surface area contributed by atoms with Crippen molar-refractivity contribution in [2.24, 2.45) is 0 Å². The molecule has 3 heterocycles. The molecule has 2 atom stereocenters. The molecule has 4 aromatic rings. The van der Waals surface area contributed by atoms with Crippen LogP contribution in [0.15, 0.2) is 58.0 Å². The fraction of sp³-hybridized carbons (Fsp3) is 0.346. The molecule has 2 N–H and O–H groups in total. The van der Waals surface area contributed by atoms with E-state index >= 15 is 0 Å². The third-order valence-corrected chi connectivity index (χ3v) is 6.59. The van der Waals surface area contributed by atoms with E-state index in [1.807, 2.05) is 30.3 Å². The molecule has 0 spiro atoms. The first kappa shape index (κ1) is 23.8. The minimum absolute atomic E-state index is 0.0638. The first-order valence-corrected chi connectivity index (χ1v) is 11.9. The van der Waals surface area contributed by atoms with Gasteiger partial charge in [-0.1, -0.05) is 29.4 Å². The summed E-state index contributed by atoms with van der Waals surface area (Å²) in [5.74, 6) is 0.917. The van der Waals surface area contributed by atoms with E-state index < -0.39 is 0 Å². The SMILES string of the molecule is Cc1nc(-c2cccc(C(CN3CC[C@H](O)C3)N(C)C(=O)Cc3ccc4ncc(=O)[nH]c4c3)c2)no1. The molecule has 1 fully saturated rings. The van der Waals surface area contributed by atoms with E-state index in [4.69, 9.17) is 4.52 Å². The van der Waals surface area contributed by atoms with Crippen molar-refractivity contribution in [1.29, 1.82) is 0 Å². The van der Waals surface area contributed by atoms with Crippen LogP contribution in [0.5, 0.6) is 0 Å². The summed E-state index contributed by atoms with van der Waals surface area (Å²) in [6.45, 7) is 3.68. The van der Waals surface area contributed by atoms with Crippen LogP contribution in [-0.2, 0) is 11.2 Å². The third-order valence-electron chi connectivity index (χ3n) is 6.59. The maximum atomic E-state index is 13.5. The van der Waals surface area contributed by atoms with Gasteiger partial charge in [0, 0.05) is 39.2 Å². The average molecular weight is 489 g/mol. The van der Waals surface area contributed by atoms with E-state index in [0.717, 1.165) is 29.7 Å². The maximum absolute atomic E-state index is 13.5. The summed E-state index contributed by atoms with van der Waals surface area (Å²) >= 11 is 0. The minimum Gasteiger partial charge on any atom is -0.392 e. The fourth-order valence-electron chi connectivity index (χ4n) is 4.65. The molecule has 1 aliphatic rings. The molecule has 10 heteroatoms. The van der Waals surface area contributed by atoms with E-state index in [1.54, 1.807) is 31.0 Å². The number of fused-ring (bicyclic) bond motifs is 1. The number of hydrogen-bond donors (Lipinski definition) is 2. The van der Waals surface area contributed by atoms with Gasteiger partial charge >= 0.3 is 0 Å². The number of hydrogen-bond acceptors (Lipinski definition) is 8. The molecule has 2 aromatic heterocycles. The highest BCUT2D eigenvalue weighted by Gasteiger charge is 2.28. The molecule has 5 rings (SSSR count). The molecular formula is C26H28N6O4. The van der Waals surface area contributed by atoms with Gasteiger partial charge in [0.2, 0.25) is 17.6 Å². The highest BCUT2D eigenvalue weighted by Crippen LogP contribution is 2.27. The zero-order valence-electron chi connectivity index (χ0n) is 20.2. The molecule has 0 radical (unpaired) electrons. The number of amides is 1. The Kier molecular flexibility index (Phi) is 6.62. The average Bonchev–Trinajstić information content (AvgIpc) is 3.49. The Hall–Kier alpha value is -3.89. The Balaban J connectivity index is 1.41. The number of nitrogens with one attached hydrogen (secondary N) is 1. The van der Waals surface area contributed by atoms with Crippen LogP contribution in [0.2, 0.25) is 0 Å². The van der Waals surface area contributed by atoms with Crippen LogP contribution in [0.4, 0.5) is 0 Å². The number of aromatic nitrogens is 4. The Labute approximate surface area is 207 Å². The lowest BCUT2D eigenvalue weighted by molar-refractivity contribution is -0.131. The quantitative estimate of drug-likeness (QED) is 0.405. The van der Waals surface area contributed by atoms with Crippen LogP contribution in [0.1, 0.15) is 29.5 Å². The van der Waals surface area contributed by atoms with Gasteiger partial charge in [0.25, 0.3) is 5.56 Å². The summed E-state index contributed by atoms with van der Waals surface area (Å²) in [6, 6.07) is 13.0. The number of nitrogens with zero attached hydrogens (tertiary/aromatic N) is 5. The summed E-state index contributed by atoms with van der Waals surface area (Å²) in [5, 5.41) is 14.1. The van der Waals surface area contributed by atoms with Gasteiger partial charge in [-0.05, 0) is 35.7 Å². The highest BCUT2D eigenvalue weighted by atomic mass is 16.5.